The monoisotopic (exact) mass is 346 g/mol. The van der Waals surface area contributed by atoms with Gasteiger partial charge in [0.25, 0.3) is 0 Å². The molecule has 0 unspecified atom stereocenters. The Morgan fingerprint density at radius 3 is 2.55 bits per heavy atom. The minimum absolute atomic E-state index is 0. The number of rotatable bonds is 4. The van der Waals surface area contributed by atoms with Crippen LogP contribution in [0.15, 0.2) is 18.2 Å². The number of piperidine rings is 1. The van der Waals surface area contributed by atoms with Gasteiger partial charge in [-0.25, -0.2) is 0 Å². The summed E-state index contributed by atoms with van der Waals surface area (Å²) in [7, 11) is 0. The zero-order chi connectivity index (χ0) is 15.4. The molecular weight excluding hydrogens is 327 g/mol. The summed E-state index contributed by atoms with van der Waals surface area (Å²) in [5, 5.41) is 12.3. The summed E-state index contributed by atoms with van der Waals surface area (Å²) >= 11 is 6.08. The van der Waals surface area contributed by atoms with E-state index in [9.17, 15) is 9.59 Å². The molecule has 0 aromatic heterocycles. The number of carboxylic acids is 1. The van der Waals surface area contributed by atoms with Crippen LogP contribution in [0.4, 0.5) is 5.69 Å². The van der Waals surface area contributed by atoms with Crippen LogP contribution in [0.2, 0.25) is 5.02 Å². The van der Waals surface area contributed by atoms with Gasteiger partial charge in [-0.1, -0.05) is 17.7 Å². The molecule has 0 atom stereocenters. The van der Waals surface area contributed by atoms with Crippen molar-refractivity contribution in [1.29, 1.82) is 0 Å². The lowest BCUT2D eigenvalue weighted by molar-refractivity contribution is -0.143. The van der Waals surface area contributed by atoms with Crippen LogP contribution < -0.4 is 5.32 Å². The van der Waals surface area contributed by atoms with Crippen molar-refractivity contribution in [2.45, 2.75) is 19.8 Å². The van der Waals surface area contributed by atoms with Crippen molar-refractivity contribution in [3.05, 3.63) is 28.8 Å². The molecule has 122 valence electrons. The maximum absolute atomic E-state index is 12.0. The van der Waals surface area contributed by atoms with Gasteiger partial charge in [-0.2, -0.15) is 0 Å². The molecule has 0 spiro atoms. The number of hydrogen-bond acceptors (Lipinski definition) is 3. The van der Waals surface area contributed by atoms with Crippen molar-refractivity contribution in [2.24, 2.45) is 5.92 Å². The summed E-state index contributed by atoms with van der Waals surface area (Å²) in [6, 6.07) is 5.47. The number of carbonyl (C=O) groups excluding carboxylic acids is 1. The van der Waals surface area contributed by atoms with Crippen molar-refractivity contribution >= 4 is 41.6 Å². The van der Waals surface area contributed by atoms with E-state index in [4.69, 9.17) is 16.7 Å². The van der Waals surface area contributed by atoms with Gasteiger partial charge in [-0.15, -0.1) is 12.4 Å². The topological polar surface area (TPSA) is 69.6 Å². The van der Waals surface area contributed by atoms with Gasteiger partial charge in [0, 0.05) is 0 Å². The molecule has 5 nitrogen and oxygen atoms in total. The zero-order valence-electron chi connectivity index (χ0n) is 12.3. The second-order valence-corrected chi connectivity index (χ2v) is 5.83. The van der Waals surface area contributed by atoms with E-state index in [-0.39, 0.29) is 30.8 Å². The second-order valence-electron chi connectivity index (χ2n) is 5.42. The third-order valence-electron chi connectivity index (χ3n) is 3.70. The van der Waals surface area contributed by atoms with Crippen molar-refractivity contribution < 1.29 is 14.7 Å². The molecule has 0 aliphatic carbocycles. The number of likely N-dealkylation sites (tertiary alicyclic amines) is 1. The molecule has 22 heavy (non-hydrogen) atoms. The molecule has 2 N–H and O–H groups in total. The summed E-state index contributed by atoms with van der Waals surface area (Å²) in [6.45, 7) is 3.46. The van der Waals surface area contributed by atoms with Crippen LogP contribution >= 0.6 is 24.0 Å². The Labute approximate surface area is 141 Å². The predicted molar refractivity (Wildman–Crippen MR) is 88.9 cm³/mol. The molecule has 1 saturated heterocycles. The molecule has 1 aromatic rings. The number of nitrogens with one attached hydrogen (secondary N) is 1. The molecule has 1 aliphatic heterocycles. The van der Waals surface area contributed by atoms with E-state index in [1.54, 1.807) is 12.1 Å². The lowest BCUT2D eigenvalue weighted by atomic mass is 9.97. The minimum Gasteiger partial charge on any atom is -0.481 e. The number of carboxylic acid groups (broad SMARTS) is 1. The first-order valence-electron chi connectivity index (χ1n) is 6.97. The number of benzene rings is 1. The molecule has 1 heterocycles. The smallest absolute Gasteiger partial charge is 0.306 e. The molecule has 1 aliphatic rings. The van der Waals surface area contributed by atoms with Gasteiger partial charge in [0.15, 0.2) is 0 Å². The second kappa shape index (κ2) is 8.36. The molecule has 0 radical (unpaired) electrons. The fourth-order valence-corrected chi connectivity index (χ4v) is 2.73. The number of hydrogen-bond donors (Lipinski definition) is 2. The Kier molecular flexibility index (Phi) is 7.13. The predicted octanol–water partition coefficient (Wildman–Crippen LogP) is 2.81. The molecule has 0 saturated carbocycles. The van der Waals surface area contributed by atoms with Crippen LogP contribution in [0.3, 0.4) is 0 Å². The Hall–Kier alpha value is -1.30. The summed E-state index contributed by atoms with van der Waals surface area (Å²) < 4.78 is 0. The lowest BCUT2D eigenvalue weighted by Gasteiger charge is -2.29. The van der Waals surface area contributed by atoms with Gasteiger partial charge in [-0.3, -0.25) is 14.5 Å². The van der Waals surface area contributed by atoms with E-state index in [1.165, 1.54) is 0 Å². The van der Waals surface area contributed by atoms with E-state index in [0.29, 0.717) is 36.6 Å². The Morgan fingerprint density at radius 1 is 1.36 bits per heavy atom. The molecule has 1 amide bonds. The number of aryl methyl sites for hydroxylation is 1. The van der Waals surface area contributed by atoms with Crippen LogP contribution in [0.5, 0.6) is 0 Å². The van der Waals surface area contributed by atoms with E-state index in [0.717, 1.165) is 5.56 Å². The SMILES string of the molecule is Cc1ccc(NC(=O)CN2CCC(C(=O)O)CC2)c(Cl)c1.Cl. The molecule has 0 bridgehead atoms. The summed E-state index contributed by atoms with van der Waals surface area (Å²) in [5.41, 5.74) is 1.64. The number of carbonyl (C=O) groups is 2. The van der Waals surface area contributed by atoms with Gasteiger partial charge >= 0.3 is 5.97 Å². The number of amides is 1. The molecule has 1 fully saturated rings. The van der Waals surface area contributed by atoms with Crippen molar-refractivity contribution in [2.75, 3.05) is 25.0 Å². The van der Waals surface area contributed by atoms with Crippen molar-refractivity contribution in [3.63, 3.8) is 0 Å². The minimum atomic E-state index is -0.745. The quantitative estimate of drug-likeness (QED) is 0.879. The first-order chi connectivity index (χ1) is 9.95. The van der Waals surface area contributed by atoms with Crippen LogP contribution in [0.25, 0.3) is 0 Å². The Balaban J connectivity index is 0.00000242. The van der Waals surface area contributed by atoms with Crippen LogP contribution in [0.1, 0.15) is 18.4 Å². The van der Waals surface area contributed by atoms with Crippen molar-refractivity contribution in [3.8, 4) is 0 Å². The zero-order valence-corrected chi connectivity index (χ0v) is 13.9. The maximum Gasteiger partial charge on any atom is 0.306 e. The summed E-state index contributed by atoms with van der Waals surface area (Å²) in [5.74, 6) is -1.16. The fourth-order valence-electron chi connectivity index (χ4n) is 2.45. The number of anilines is 1. The Morgan fingerprint density at radius 2 is 2.00 bits per heavy atom. The number of nitrogens with zero attached hydrogens (tertiary/aromatic N) is 1. The van der Waals surface area contributed by atoms with Crippen LogP contribution in [-0.2, 0) is 9.59 Å². The summed E-state index contributed by atoms with van der Waals surface area (Å²) in [4.78, 5) is 24.9. The summed E-state index contributed by atoms with van der Waals surface area (Å²) in [6.07, 6.45) is 1.18. The average Bonchev–Trinajstić information content (AvgIpc) is 2.42. The maximum atomic E-state index is 12.0. The Bertz CT molecular complexity index is 544. The van der Waals surface area contributed by atoms with Gasteiger partial charge in [-0.05, 0) is 50.6 Å². The number of aliphatic carboxylic acids is 1. The van der Waals surface area contributed by atoms with Gasteiger partial charge in [0.1, 0.15) is 0 Å². The molecular formula is C15H20Cl2N2O3. The van der Waals surface area contributed by atoms with Gasteiger partial charge in [0.2, 0.25) is 5.91 Å². The third kappa shape index (κ3) is 5.16. The van der Waals surface area contributed by atoms with E-state index in [1.807, 2.05) is 17.9 Å². The fraction of sp³-hybridized carbons (Fsp3) is 0.467. The van der Waals surface area contributed by atoms with Crippen molar-refractivity contribution in [1.82, 2.24) is 4.90 Å². The average molecular weight is 347 g/mol. The van der Waals surface area contributed by atoms with E-state index >= 15 is 0 Å². The highest BCUT2D eigenvalue weighted by atomic mass is 35.5. The van der Waals surface area contributed by atoms with Crippen LogP contribution in [-0.4, -0.2) is 41.5 Å². The van der Waals surface area contributed by atoms with Crippen LogP contribution in [0, 0.1) is 12.8 Å². The first kappa shape index (κ1) is 18.7. The number of halogens is 2. The highest BCUT2D eigenvalue weighted by Gasteiger charge is 2.25. The molecule has 1 aromatic carbocycles. The van der Waals surface area contributed by atoms with E-state index < -0.39 is 5.97 Å². The van der Waals surface area contributed by atoms with Gasteiger partial charge < -0.3 is 10.4 Å². The largest absolute Gasteiger partial charge is 0.481 e. The standard InChI is InChI=1S/C15H19ClN2O3.ClH/c1-10-2-3-13(12(16)8-10)17-14(19)9-18-6-4-11(5-7-18)15(20)21;/h2-3,8,11H,4-7,9H2,1H3,(H,17,19)(H,20,21);1H. The molecule has 2 rings (SSSR count). The first-order valence-corrected chi connectivity index (χ1v) is 7.34. The molecule has 7 heteroatoms. The lowest BCUT2D eigenvalue weighted by Crippen LogP contribution is -2.40. The van der Waals surface area contributed by atoms with Gasteiger partial charge in [0.05, 0.1) is 23.2 Å². The van der Waals surface area contributed by atoms with E-state index in [2.05, 4.69) is 5.32 Å². The highest BCUT2D eigenvalue weighted by molar-refractivity contribution is 6.33. The highest BCUT2D eigenvalue weighted by Crippen LogP contribution is 2.23. The normalized spacial score (nSPS) is 15.9. The third-order valence-corrected chi connectivity index (χ3v) is 4.02.